The first-order chi connectivity index (χ1) is 7.56. The van der Waals surface area contributed by atoms with E-state index in [1.165, 1.54) is 13.8 Å². The Morgan fingerprint density at radius 3 is 2.35 bits per heavy atom. The molecule has 0 aromatic heterocycles. The van der Waals surface area contributed by atoms with Gasteiger partial charge in [-0.25, -0.2) is 0 Å². The van der Waals surface area contributed by atoms with Crippen LogP contribution in [0.15, 0.2) is 0 Å². The minimum atomic E-state index is -4.91. The van der Waals surface area contributed by atoms with Gasteiger partial charge in [-0.05, 0) is 26.2 Å². The number of alkyl halides is 3. The third kappa shape index (κ3) is 2.70. The van der Waals surface area contributed by atoms with E-state index >= 15 is 0 Å². The second-order valence-electron chi connectivity index (χ2n) is 4.69. The molecule has 1 saturated heterocycles. The topological polar surface area (TPSA) is 57.6 Å². The Balaban J connectivity index is 2.86. The van der Waals surface area contributed by atoms with E-state index in [9.17, 15) is 22.8 Å². The molecule has 1 heterocycles. The van der Waals surface area contributed by atoms with Crippen LogP contribution in [0.5, 0.6) is 0 Å². The standard InChI is InChI=1S/C10H14F3NO3/c1-9(2)6(5-7(15)16)3-4-14(9)8(17)10(11,12)13/h6H,3-5H2,1-2H3,(H,15,16). The Kier molecular flexibility index (Phi) is 3.40. The van der Waals surface area contributed by atoms with Crippen molar-refractivity contribution in [2.24, 2.45) is 5.92 Å². The van der Waals surface area contributed by atoms with Crippen molar-refractivity contribution >= 4 is 11.9 Å². The molecule has 0 spiro atoms. The summed E-state index contributed by atoms with van der Waals surface area (Å²) in [6.07, 6.45) is -4.86. The summed E-state index contributed by atoms with van der Waals surface area (Å²) in [5.41, 5.74) is -1.08. The maximum absolute atomic E-state index is 12.3. The highest BCUT2D eigenvalue weighted by molar-refractivity contribution is 5.83. The van der Waals surface area contributed by atoms with E-state index < -0.39 is 29.5 Å². The SMILES string of the molecule is CC1(C)C(CC(=O)O)CCN1C(=O)C(F)(F)F. The van der Waals surface area contributed by atoms with Gasteiger partial charge in [0, 0.05) is 12.1 Å². The van der Waals surface area contributed by atoms with Gasteiger partial charge in [-0.1, -0.05) is 0 Å². The maximum Gasteiger partial charge on any atom is 0.471 e. The first-order valence-electron chi connectivity index (χ1n) is 5.17. The van der Waals surface area contributed by atoms with E-state index in [1.807, 2.05) is 0 Å². The zero-order valence-corrected chi connectivity index (χ0v) is 9.54. The Morgan fingerprint density at radius 2 is 1.94 bits per heavy atom. The molecule has 1 fully saturated rings. The zero-order chi connectivity index (χ0) is 13.4. The van der Waals surface area contributed by atoms with E-state index in [2.05, 4.69) is 0 Å². The molecule has 1 unspecified atom stereocenters. The van der Waals surface area contributed by atoms with Crippen LogP contribution < -0.4 is 0 Å². The van der Waals surface area contributed by atoms with Gasteiger partial charge in [-0.15, -0.1) is 0 Å². The first kappa shape index (κ1) is 13.8. The van der Waals surface area contributed by atoms with Gasteiger partial charge in [-0.2, -0.15) is 13.2 Å². The number of likely N-dealkylation sites (tertiary alicyclic amines) is 1. The predicted octanol–water partition coefficient (Wildman–Crippen LogP) is 1.65. The molecule has 98 valence electrons. The highest BCUT2D eigenvalue weighted by atomic mass is 19.4. The monoisotopic (exact) mass is 253 g/mol. The van der Waals surface area contributed by atoms with Gasteiger partial charge >= 0.3 is 18.1 Å². The highest BCUT2D eigenvalue weighted by Crippen LogP contribution is 2.39. The highest BCUT2D eigenvalue weighted by Gasteiger charge is 2.52. The number of nitrogens with zero attached hydrogens (tertiary/aromatic N) is 1. The Bertz CT molecular complexity index is 338. The summed E-state index contributed by atoms with van der Waals surface area (Å²) >= 11 is 0. The zero-order valence-electron chi connectivity index (χ0n) is 9.54. The van der Waals surface area contributed by atoms with Crippen LogP contribution in [0.3, 0.4) is 0 Å². The molecule has 1 rings (SSSR count). The van der Waals surface area contributed by atoms with Crippen molar-refractivity contribution in [1.29, 1.82) is 0 Å². The number of carboxylic acids is 1. The lowest BCUT2D eigenvalue weighted by Crippen LogP contribution is -2.51. The molecule has 1 aliphatic rings. The largest absolute Gasteiger partial charge is 0.481 e. The number of aliphatic carboxylic acids is 1. The predicted molar refractivity (Wildman–Crippen MR) is 52.2 cm³/mol. The Morgan fingerprint density at radius 1 is 1.41 bits per heavy atom. The number of rotatable bonds is 2. The van der Waals surface area contributed by atoms with Gasteiger partial charge in [0.25, 0.3) is 0 Å². The van der Waals surface area contributed by atoms with E-state index in [1.54, 1.807) is 0 Å². The number of hydrogen-bond acceptors (Lipinski definition) is 2. The number of carboxylic acid groups (broad SMARTS) is 1. The molecule has 0 radical (unpaired) electrons. The summed E-state index contributed by atoms with van der Waals surface area (Å²) < 4.78 is 37.0. The van der Waals surface area contributed by atoms with Crippen LogP contribution in [0.4, 0.5) is 13.2 Å². The minimum absolute atomic E-state index is 0.0523. The average Bonchev–Trinajstić information content (AvgIpc) is 2.39. The normalized spacial score (nSPS) is 23.8. The fourth-order valence-corrected chi connectivity index (χ4v) is 2.23. The summed E-state index contributed by atoms with van der Waals surface area (Å²) in [4.78, 5) is 22.5. The van der Waals surface area contributed by atoms with Crippen molar-refractivity contribution in [3.63, 3.8) is 0 Å². The summed E-state index contributed by atoms with van der Waals surface area (Å²) in [6, 6.07) is 0. The van der Waals surface area contributed by atoms with Crippen LogP contribution in [-0.2, 0) is 9.59 Å². The van der Waals surface area contributed by atoms with Crippen LogP contribution in [0.25, 0.3) is 0 Å². The molecule has 1 N–H and O–H groups in total. The van der Waals surface area contributed by atoms with Crippen LogP contribution >= 0.6 is 0 Å². The molecule has 7 heteroatoms. The van der Waals surface area contributed by atoms with Gasteiger partial charge < -0.3 is 10.0 Å². The van der Waals surface area contributed by atoms with E-state index in [0.717, 1.165) is 4.90 Å². The van der Waals surface area contributed by atoms with E-state index in [-0.39, 0.29) is 19.4 Å². The lowest BCUT2D eigenvalue weighted by atomic mass is 9.86. The van der Waals surface area contributed by atoms with Crippen LogP contribution in [0.2, 0.25) is 0 Å². The van der Waals surface area contributed by atoms with Crippen molar-refractivity contribution < 1.29 is 27.9 Å². The first-order valence-corrected chi connectivity index (χ1v) is 5.17. The average molecular weight is 253 g/mol. The van der Waals surface area contributed by atoms with Crippen molar-refractivity contribution in [2.45, 2.75) is 38.4 Å². The lowest BCUT2D eigenvalue weighted by Gasteiger charge is -2.35. The molecule has 1 aliphatic heterocycles. The van der Waals surface area contributed by atoms with Gasteiger partial charge in [0.15, 0.2) is 0 Å². The molecule has 0 aromatic rings. The van der Waals surface area contributed by atoms with Crippen molar-refractivity contribution in [3.05, 3.63) is 0 Å². The molecule has 0 aromatic carbocycles. The molecule has 17 heavy (non-hydrogen) atoms. The quantitative estimate of drug-likeness (QED) is 0.814. The molecule has 0 aliphatic carbocycles. The molecule has 4 nitrogen and oxygen atoms in total. The van der Waals surface area contributed by atoms with Crippen LogP contribution in [0, 0.1) is 5.92 Å². The second kappa shape index (κ2) is 4.19. The molecular formula is C10H14F3NO3. The smallest absolute Gasteiger partial charge is 0.471 e. The fourth-order valence-electron chi connectivity index (χ4n) is 2.23. The minimum Gasteiger partial charge on any atom is -0.481 e. The molecule has 0 bridgehead atoms. The molecular weight excluding hydrogens is 239 g/mol. The summed E-state index contributed by atoms with van der Waals surface area (Å²) in [5, 5.41) is 8.67. The van der Waals surface area contributed by atoms with Crippen molar-refractivity contribution in [1.82, 2.24) is 4.90 Å². The molecule has 0 saturated carbocycles. The summed E-state index contributed by atoms with van der Waals surface area (Å²) in [5.74, 6) is -3.41. The van der Waals surface area contributed by atoms with Crippen molar-refractivity contribution in [2.75, 3.05) is 6.54 Å². The molecule has 1 amide bonds. The van der Waals surface area contributed by atoms with Gasteiger partial charge in [0.05, 0.1) is 6.42 Å². The van der Waals surface area contributed by atoms with E-state index in [4.69, 9.17) is 5.11 Å². The fraction of sp³-hybridized carbons (Fsp3) is 0.800. The van der Waals surface area contributed by atoms with Crippen molar-refractivity contribution in [3.8, 4) is 0 Å². The number of carbonyl (C=O) groups excluding carboxylic acids is 1. The number of amides is 1. The summed E-state index contributed by atoms with van der Waals surface area (Å²) in [6.45, 7) is 2.89. The van der Waals surface area contributed by atoms with E-state index in [0.29, 0.717) is 0 Å². The van der Waals surface area contributed by atoms with Gasteiger partial charge in [0.2, 0.25) is 0 Å². The number of halogens is 3. The van der Waals surface area contributed by atoms with Crippen LogP contribution in [0.1, 0.15) is 26.7 Å². The van der Waals surface area contributed by atoms with Gasteiger partial charge in [0.1, 0.15) is 0 Å². The third-order valence-corrected chi connectivity index (χ3v) is 3.30. The maximum atomic E-state index is 12.3. The third-order valence-electron chi connectivity index (χ3n) is 3.30. The number of hydrogen-bond donors (Lipinski definition) is 1. The number of carbonyl (C=O) groups is 2. The van der Waals surface area contributed by atoms with Gasteiger partial charge in [-0.3, -0.25) is 9.59 Å². The Hall–Kier alpha value is -1.27. The second-order valence-corrected chi connectivity index (χ2v) is 4.69. The Labute approximate surface area is 96.4 Å². The summed E-state index contributed by atoms with van der Waals surface area (Å²) in [7, 11) is 0. The lowest BCUT2D eigenvalue weighted by molar-refractivity contribution is -0.189. The van der Waals surface area contributed by atoms with Crippen LogP contribution in [-0.4, -0.2) is 40.1 Å². The molecule has 1 atom stereocenters.